The summed E-state index contributed by atoms with van der Waals surface area (Å²) in [5.74, 6) is -0.524. The first-order valence-electron chi connectivity index (χ1n) is 5.95. The van der Waals surface area contributed by atoms with Crippen LogP contribution >= 0.6 is 0 Å². The molecule has 7 heteroatoms. The smallest absolute Gasteiger partial charge is 0.272 e. The molecule has 2 aromatic rings. The number of nitro groups is 1. The van der Waals surface area contributed by atoms with E-state index in [2.05, 4.69) is 9.97 Å². The summed E-state index contributed by atoms with van der Waals surface area (Å²) in [6, 6.07) is 4.17. The molecule has 0 aliphatic rings. The normalized spacial score (nSPS) is 10.3. The van der Waals surface area contributed by atoms with Gasteiger partial charge in [0.1, 0.15) is 12.1 Å². The molecule has 20 heavy (non-hydrogen) atoms. The van der Waals surface area contributed by atoms with Crippen LogP contribution in [-0.2, 0) is 6.42 Å². The predicted molar refractivity (Wildman–Crippen MR) is 69.3 cm³/mol. The van der Waals surface area contributed by atoms with Gasteiger partial charge in [0, 0.05) is 11.6 Å². The Morgan fingerprint density at radius 1 is 1.40 bits per heavy atom. The first-order valence-corrected chi connectivity index (χ1v) is 5.95. The molecule has 0 N–H and O–H groups in total. The van der Waals surface area contributed by atoms with E-state index in [1.807, 2.05) is 0 Å². The van der Waals surface area contributed by atoms with E-state index >= 15 is 0 Å². The van der Waals surface area contributed by atoms with E-state index in [1.54, 1.807) is 13.8 Å². The first-order chi connectivity index (χ1) is 9.52. The van der Waals surface area contributed by atoms with E-state index in [0.29, 0.717) is 12.0 Å². The zero-order valence-corrected chi connectivity index (χ0v) is 11.0. The molecule has 0 unspecified atom stereocenters. The molecular weight excluding hydrogens is 265 g/mol. The molecule has 0 atom stereocenters. The van der Waals surface area contributed by atoms with E-state index in [9.17, 15) is 14.5 Å². The highest BCUT2D eigenvalue weighted by Gasteiger charge is 2.14. The molecule has 1 aromatic carbocycles. The van der Waals surface area contributed by atoms with Crippen molar-refractivity contribution in [2.45, 2.75) is 20.3 Å². The van der Waals surface area contributed by atoms with Gasteiger partial charge in [0.05, 0.1) is 10.6 Å². The number of benzene rings is 1. The van der Waals surface area contributed by atoms with Crippen LogP contribution in [0.2, 0.25) is 0 Å². The van der Waals surface area contributed by atoms with Gasteiger partial charge in [-0.3, -0.25) is 10.1 Å². The molecule has 0 aliphatic heterocycles. The van der Waals surface area contributed by atoms with Crippen molar-refractivity contribution >= 4 is 5.69 Å². The van der Waals surface area contributed by atoms with Crippen molar-refractivity contribution in [1.29, 1.82) is 0 Å². The number of aryl methyl sites for hydroxylation is 2. The van der Waals surface area contributed by atoms with Crippen LogP contribution in [0, 0.1) is 22.9 Å². The Bertz CT molecular complexity index is 661. The Balaban J connectivity index is 2.31. The lowest BCUT2D eigenvalue weighted by molar-refractivity contribution is -0.385. The van der Waals surface area contributed by atoms with E-state index in [1.165, 1.54) is 24.5 Å². The van der Waals surface area contributed by atoms with Crippen molar-refractivity contribution in [1.82, 2.24) is 9.97 Å². The van der Waals surface area contributed by atoms with Crippen LogP contribution in [0.3, 0.4) is 0 Å². The van der Waals surface area contributed by atoms with Crippen molar-refractivity contribution in [2.24, 2.45) is 0 Å². The van der Waals surface area contributed by atoms with Crippen LogP contribution in [0.4, 0.5) is 10.1 Å². The highest BCUT2D eigenvalue weighted by atomic mass is 19.1. The Labute approximate surface area is 114 Å². The number of nitrogens with zero attached hydrogens (tertiary/aromatic N) is 3. The van der Waals surface area contributed by atoms with Crippen molar-refractivity contribution in [3.05, 3.63) is 51.7 Å². The van der Waals surface area contributed by atoms with Crippen molar-refractivity contribution in [3.63, 3.8) is 0 Å². The van der Waals surface area contributed by atoms with Gasteiger partial charge in [0.25, 0.3) is 11.6 Å². The lowest BCUT2D eigenvalue weighted by Crippen LogP contribution is -2.00. The summed E-state index contributed by atoms with van der Waals surface area (Å²) in [6.07, 6.45) is 1.64. The number of hydrogen-bond acceptors (Lipinski definition) is 5. The average Bonchev–Trinajstić information content (AvgIpc) is 2.41. The maximum absolute atomic E-state index is 13.9. The first kappa shape index (κ1) is 13.9. The summed E-state index contributed by atoms with van der Waals surface area (Å²) in [6.45, 7) is 3.35. The number of rotatable bonds is 4. The van der Waals surface area contributed by atoms with Crippen molar-refractivity contribution in [2.75, 3.05) is 0 Å². The fraction of sp³-hybridized carbons (Fsp3) is 0.231. The van der Waals surface area contributed by atoms with E-state index < -0.39 is 10.7 Å². The third-order valence-electron chi connectivity index (χ3n) is 2.74. The Hall–Kier alpha value is -2.57. The third-order valence-corrected chi connectivity index (χ3v) is 2.74. The van der Waals surface area contributed by atoms with Crippen LogP contribution in [0.15, 0.2) is 24.5 Å². The summed E-state index contributed by atoms with van der Waals surface area (Å²) in [5, 5.41) is 10.7. The van der Waals surface area contributed by atoms with Gasteiger partial charge < -0.3 is 4.74 Å². The molecule has 0 fully saturated rings. The van der Waals surface area contributed by atoms with Gasteiger partial charge in [-0.2, -0.15) is 9.37 Å². The van der Waals surface area contributed by atoms with Gasteiger partial charge in [-0.15, -0.1) is 0 Å². The molecule has 2 rings (SSSR count). The standard InChI is InChI=1S/C13H12FN3O3/c1-3-10-12(14)13(16-7-15-10)20-9-4-5-11(17(18)19)8(2)6-9/h4-7H,3H2,1-2H3. The topological polar surface area (TPSA) is 78.2 Å². The molecule has 0 bridgehead atoms. The summed E-state index contributed by atoms with van der Waals surface area (Å²) in [7, 11) is 0. The van der Waals surface area contributed by atoms with Crippen molar-refractivity contribution in [3.8, 4) is 11.6 Å². The molecule has 1 aromatic heterocycles. The molecule has 0 aliphatic carbocycles. The Morgan fingerprint density at radius 2 is 2.15 bits per heavy atom. The number of hydrogen-bond donors (Lipinski definition) is 0. The minimum Gasteiger partial charge on any atom is -0.436 e. The van der Waals surface area contributed by atoms with Crippen LogP contribution < -0.4 is 4.74 Å². The summed E-state index contributed by atoms with van der Waals surface area (Å²) in [4.78, 5) is 17.8. The second-order valence-corrected chi connectivity index (χ2v) is 4.10. The molecular formula is C13H12FN3O3. The second kappa shape index (κ2) is 5.60. The predicted octanol–water partition coefficient (Wildman–Crippen LogP) is 3.19. The van der Waals surface area contributed by atoms with Crippen LogP contribution in [0.25, 0.3) is 0 Å². The highest BCUT2D eigenvalue weighted by molar-refractivity contribution is 5.45. The van der Waals surface area contributed by atoms with E-state index in [4.69, 9.17) is 4.74 Å². The summed E-state index contributed by atoms with van der Waals surface area (Å²) < 4.78 is 19.2. The van der Waals surface area contributed by atoms with E-state index in [-0.39, 0.29) is 23.0 Å². The molecule has 0 spiro atoms. The molecule has 104 valence electrons. The number of ether oxygens (including phenoxy) is 1. The molecule has 0 saturated heterocycles. The van der Waals surface area contributed by atoms with Crippen LogP contribution in [-0.4, -0.2) is 14.9 Å². The van der Waals surface area contributed by atoms with Gasteiger partial charge in [0.2, 0.25) is 5.82 Å². The van der Waals surface area contributed by atoms with Gasteiger partial charge in [0.15, 0.2) is 0 Å². The minimum absolute atomic E-state index is 0.0187. The van der Waals surface area contributed by atoms with Crippen LogP contribution in [0.1, 0.15) is 18.2 Å². The average molecular weight is 277 g/mol. The number of halogens is 1. The van der Waals surface area contributed by atoms with Gasteiger partial charge in [-0.05, 0) is 25.5 Å². The highest BCUT2D eigenvalue weighted by Crippen LogP contribution is 2.27. The molecule has 0 radical (unpaired) electrons. The van der Waals surface area contributed by atoms with Gasteiger partial charge in [-0.25, -0.2) is 4.98 Å². The number of nitro benzene ring substituents is 1. The quantitative estimate of drug-likeness (QED) is 0.633. The Kier molecular flexibility index (Phi) is 3.88. The maximum atomic E-state index is 13.9. The summed E-state index contributed by atoms with van der Waals surface area (Å²) in [5.41, 5.74) is 0.668. The van der Waals surface area contributed by atoms with E-state index in [0.717, 1.165) is 0 Å². The van der Waals surface area contributed by atoms with Crippen LogP contribution in [0.5, 0.6) is 11.6 Å². The molecule has 0 saturated carbocycles. The second-order valence-electron chi connectivity index (χ2n) is 4.10. The lowest BCUT2D eigenvalue weighted by atomic mass is 10.2. The Morgan fingerprint density at radius 3 is 2.75 bits per heavy atom. The maximum Gasteiger partial charge on any atom is 0.272 e. The monoisotopic (exact) mass is 277 g/mol. The fourth-order valence-electron chi connectivity index (χ4n) is 1.71. The molecule has 6 nitrogen and oxygen atoms in total. The zero-order chi connectivity index (χ0) is 14.7. The van der Waals surface area contributed by atoms with Gasteiger partial charge in [-0.1, -0.05) is 6.92 Å². The number of aromatic nitrogens is 2. The lowest BCUT2D eigenvalue weighted by Gasteiger charge is -2.07. The van der Waals surface area contributed by atoms with Gasteiger partial charge >= 0.3 is 0 Å². The molecule has 1 heterocycles. The zero-order valence-electron chi connectivity index (χ0n) is 11.0. The SMILES string of the molecule is CCc1ncnc(Oc2ccc([N+](=O)[O-])c(C)c2)c1F. The molecule has 0 amide bonds. The summed E-state index contributed by atoms with van der Waals surface area (Å²) >= 11 is 0. The largest absolute Gasteiger partial charge is 0.436 e. The van der Waals surface area contributed by atoms with Crippen molar-refractivity contribution < 1.29 is 14.1 Å². The minimum atomic E-state index is -0.619. The third kappa shape index (κ3) is 2.71. The fourth-order valence-corrected chi connectivity index (χ4v) is 1.71.